The minimum atomic E-state index is 0.546. The van der Waals surface area contributed by atoms with Gasteiger partial charge in [-0.25, -0.2) is 9.97 Å². The Bertz CT molecular complexity index is 830. The Morgan fingerprint density at radius 3 is 2.78 bits per heavy atom. The minimum Gasteiger partial charge on any atom is -0.458 e. The number of hydrogen-bond donors (Lipinski definition) is 1. The van der Waals surface area contributed by atoms with Gasteiger partial charge < -0.3 is 10.2 Å². The fourth-order valence-corrected chi connectivity index (χ4v) is 4.58. The largest absolute Gasteiger partial charge is 0.458 e. The third-order valence-electron chi connectivity index (χ3n) is 4.65. The molecule has 0 unspecified atom stereocenters. The van der Waals surface area contributed by atoms with Crippen molar-refractivity contribution in [2.24, 2.45) is 5.92 Å². The van der Waals surface area contributed by atoms with Crippen LogP contribution in [0, 0.1) is 12.8 Å². The van der Waals surface area contributed by atoms with Gasteiger partial charge in [0.25, 0.3) is 0 Å². The van der Waals surface area contributed by atoms with Crippen LogP contribution < -0.4 is 5.73 Å². The van der Waals surface area contributed by atoms with Gasteiger partial charge in [-0.3, -0.25) is 0 Å². The van der Waals surface area contributed by atoms with E-state index in [4.69, 9.17) is 10.2 Å². The summed E-state index contributed by atoms with van der Waals surface area (Å²) in [5.74, 6) is 3.47. The number of furan rings is 1. The molecule has 120 valence electrons. The van der Waals surface area contributed by atoms with Gasteiger partial charge in [0.1, 0.15) is 16.4 Å². The highest BCUT2D eigenvalue weighted by Crippen LogP contribution is 2.34. The average Bonchev–Trinajstić information content (AvgIpc) is 3.14. The predicted molar refractivity (Wildman–Crippen MR) is 94.5 cm³/mol. The van der Waals surface area contributed by atoms with Crippen molar-refractivity contribution in [3.8, 4) is 11.6 Å². The Morgan fingerprint density at radius 2 is 2.04 bits per heavy atom. The van der Waals surface area contributed by atoms with Gasteiger partial charge in [0.05, 0.1) is 5.39 Å². The van der Waals surface area contributed by atoms with Crippen molar-refractivity contribution in [2.45, 2.75) is 45.4 Å². The molecule has 3 aromatic rings. The van der Waals surface area contributed by atoms with Crippen molar-refractivity contribution < 1.29 is 4.42 Å². The van der Waals surface area contributed by atoms with Gasteiger partial charge in [-0.15, -0.1) is 11.3 Å². The van der Waals surface area contributed by atoms with E-state index >= 15 is 0 Å². The van der Waals surface area contributed by atoms with E-state index in [1.807, 2.05) is 19.1 Å². The monoisotopic (exact) mass is 327 g/mol. The first kappa shape index (κ1) is 14.7. The summed E-state index contributed by atoms with van der Waals surface area (Å²) in [4.78, 5) is 11.4. The van der Waals surface area contributed by atoms with Gasteiger partial charge in [0.15, 0.2) is 11.6 Å². The van der Waals surface area contributed by atoms with Crippen LogP contribution in [0.15, 0.2) is 22.6 Å². The SMILES string of the molecule is Cc1ccc(-c2nc(N)c3cc(CC4CCCCC4)sc3n2)o1. The van der Waals surface area contributed by atoms with Crippen LogP contribution in [0.3, 0.4) is 0 Å². The second kappa shape index (κ2) is 5.96. The van der Waals surface area contributed by atoms with Gasteiger partial charge in [-0.05, 0) is 37.5 Å². The number of nitrogens with zero attached hydrogens (tertiary/aromatic N) is 2. The van der Waals surface area contributed by atoms with Crippen molar-refractivity contribution in [1.29, 1.82) is 0 Å². The topological polar surface area (TPSA) is 64.9 Å². The average molecular weight is 327 g/mol. The Kier molecular flexibility index (Phi) is 3.81. The molecule has 1 saturated carbocycles. The Morgan fingerprint density at radius 1 is 1.22 bits per heavy atom. The number of aromatic nitrogens is 2. The van der Waals surface area contributed by atoms with E-state index in [0.717, 1.165) is 28.3 Å². The second-order valence-electron chi connectivity index (χ2n) is 6.48. The van der Waals surface area contributed by atoms with E-state index < -0.39 is 0 Å². The zero-order valence-corrected chi connectivity index (χ0v) is 14.2. The molecular formula is C18H21N3OS. The van der Waals surface area contributed by atoms with Crippen LogP contribution in [-0.4, -0.2) is 9.97 Å². The lowest BCUT2D eigenvalue weighted by atomic mass is 9.86. The van der Waals surface area contributed by atoms with Gasteiger partial charge in [-0.2, -0.15) is 0 Å². The molecule has 1 fully saturated rings. The van der Waals surface area contributed by atoms with Crippen molar-refractivity contribution in [2.75, 3.05) is 5.73 Å². The zero-order valence-electron chi connectivity index (χ0n) is 13.3. The van der Waals surface area contributed by atoms with Crippen LogP contribution in [0.2, 0.25) is 0 Å². The number of rotatable bonds is 3. The summed E-state index contributed by atoms with van der Waals surface area (Å²) in [5.41, 5.74) is 6.16. The lowest BCUT2D eigenvalue weighted by Crippen LogP contribution is -2.08. The molecule has 0 aliphatic heterocycles. The summed E-state index contributed by atoms with van der Waals surface area (Å²) in [6, 6.07) is 6.00. The number of thiophene rings is 1. The normalized spacial score (nSPS) is 16.2. The Labute approximate surface area is 139 Å². The van der Waals surface area contributed by atoms with Crippen LogP contribution in [0.1, 0.15) is 42.7 Å². The molecule has 1 aliphatic rings. The standard InChI is InChI=1S/C18H21N3OS/c1-11-7-8-15(22-11)17-20-16(19)14-10-13(23-18(14)21-17)9-12-5-3-2-4-6-12/h7-8,10,12H,2-6,9H2,1H3,(H2,19,20,21). The number of anilines is 1. The maximum atomic E-state index is 6.16. The van der Waals surface area contributed by atoms with Crippen molar-refractivity contribution in [3.05, 3.63) is 28.8 Å². The van der Waals surface area contributed by atoms with Gasteiger partial charge >= 0.3 is 0 Å². The quantitative estimate of drug-likeness (QED) is 0.738. The Hall–Kier alpha value is -1.88. The van der Waals surface area contributed by atoms with Gasteiger partial charge in [0, 0.05) is 4.88 Å². The van der Waals surface area contributed by atoms with Gasteiger partial charge in [-0.1, -0.05) is 32.1 Å². The first-order valence-corrected chi connectivity index (χ1v) is 9.13. The molecular weight excluding hydrogens is 306 g/mol. The Balaban J connectivity index is 1.66. The highest BCUT2D eigenvalue weighted by molar-refractivity contribution is 7.18. The van der Waals surface area contributed by atoms with E-state index in [9.17, 15) is 0 Å². The molecule has 3 heterocycles. The zero-order chi connectivity index (χ0) is 15.8. The molecule has 4 rings (SSSR count). The molecule has 4 nitrogen and oxygen atoms in total. The highest BCUT2D eigenvalue weighted by Gasteiger charge is 2.17. The second-order valence-corrected chi connectivity index (χ2v) is 7.60. The van der Waals surface area contributed by atoms with Crippen LogP contribution in [0.5, 0.6) is 0 Å². The molecule has 1 aliphatic carbocycles. The number of fused-ring (bicyclic) bond motifs is 1. The molecule has 3 aromatic heterocycles. The smallest absolute Gasteiger partial charge is 0.199 e. The number of hydrogen-bond acceptors (Lipinski definition) is 5. The summed E-state index contributed by atoms with van der Waals surface area (Å²) >= 11 is 1.75. The summed E-state index contributed by atoms with van der Waals surface area (Å²) in [5, 5.41) is 0.979. The van der Waals surface area contributed by atoms with Crippen molar-refractivity contribution >= 4 is 27.4 Å². The molecule has 0 aromatic carbocycles. The molecule has 0 atom stereocenters. The predicted octanol–water partition coefficient (Wildman–Crippen LogP) is 4.96. The van der Waals surface area contributed by atoms with Crippen LogP contribution in [0.4, 0.5) is 5.82 Å². The third-order valence-corrected chi connectivity index (χ3v) is 5.70. The lowest BCUT2D eigenvalue weighted by molar-refractivity contribution is 0.358. The molecule has 5 heteroatoms. The molecule has 2 N–H and O–H groups in total. The maximum absolute atomic E-state index is 6.16. The maximum Gasteiger partial charge on any atom is 0.199 e. The van der Waals surface area contributed by atoms with Crippen molar-refractivity contribution in [1.82, 2.24) is 9.97 Å². The lowest BCUT2D eigenvalue weighted by Gasteiger charge is -2.20. The van der Waals surface area contributed by atoms with Crippen molar-refractivity contribution in [3.63, 3.8) is 0 Å². The molecule has 0 saturated heterocycles. The van der Waals surface area contributed by atoms with E-state index in [2.05, 4.69) is 16.0 Å². The highest BCUT2D eigenvalue weighted by atomic mass is 32.1. The van der Waals surface area contributed by atoms with E-state index in [1.165, 1.54) is 37.0 Å². The van der Waals surface area contributed by atoms with Crippen LogP contribution in [0.25, 0.3) is 21.8 Å². The molecule has 23 heavy (non-hydrogen) atoms. The molecule has 0 radical (unpaired) electrons. The summed E-state index contributed by atoms with van der Waals surface area (Å²) in [6.07, 6.45) is 8.00. The van der Waals surface area contributed by atoms with E-state index in [0.29, 0.717) is 17.4 Å². The fraction of sp³-hybridized carbons (Fsp3) is 0.444. The molecule has 0 spiro atoms. The first-order chi connectivity index (χ1) is 11.2. The molecule has 0 amide bonds. The first-order valence-electron chi connectivity index (χ1n) is 8.32. The third kappa shape index (κ3) is 2.98. The number of nitrogens with two attached hydrogens (primary N) is 1. The van der Waals surface area contributed by atoms with Crippen LogP contribution in [-0.2, 0) is 6.42 Å². The number of aryl methyl sites for hydroxylation is 1. The van der Waals surface area contributed by atoms with E-state index in [-0.39, 0.29) is 0 Å². The van der Waals surface area contributed by atoms with Gasteiger partial charge in [0.2, 0.25) is 0 Å². The minimum absolute atomic E-state index is 0.546. The fourth-order valence-electron chi connectivity index (χ4n) is 3.43. The van der Waals surface area contributed by atoms with E-state index in [1.54, 1.807) is 11.3 Å². The number of nitrogen functional groups attached to an aromatic ring is 1. The molecule has 0 bridgehead atoms. The summed E-state index contributed by atoms with van der Waals surface area (Å²) < 4.78 is 5.63. The summed E-state index contributed by atoms with van der Waals surface area (Å²) in [6.45, 7) is 1.92. The van der Waals surface area contributed by atoms with Crippen LogP contribution >= 0.6 is 11.3 Å². The summed E-state index contributed by atoms with van der Waals surface area (Å²) in [7, 11) is 0.